The second kappa shape index (κ2) is 8.50. The van der Waals surface area contributed by atoms with E-state index in [1.165, 1.54) is 12.1 Å². The van der Waals surface area contributed by atoms with Crippen LogP contribution in [-0.2, 0) is 6.54 Å². The van der Waals surface area contributed by atoms with Crippen molar-refractivity contribution in [2.45, 2.75) is 19.4 Å². The van der Waals surface area contributed by atoms with E-state index in [0.717, 1.165) is 44.3 Å². The fraction of sp³-hybridized carbons (Fsp3) is 0.368. The van der Waals surface area contributed by atoms with Crippen molar-refractivity contribution >= 4 is 11.7 Å². The molecule has 1 fully saturated rings. The molecule has 7 heteroatoms. The van der Waals surface area contributed by atoms with Gasteiger partial charge in [0.25, 0.3) is 0 Å². The molecule has 136 valence electrons. The average molecular weight is 356 g/mol. The Labute approximate surface area is 151 Å². The van der Waals surface area contributed by atoms with Crippen LogP contribution >= 0.6 is 0 Å². The number of urea groups is 1. The normalized spacial score (nSPS) is 17.5. The number of benzene rings is 1. The van der Waals surface area contributed by atoms with Gasteiger partial charge in [-0.2, -0.15) is 5.26 Å². The summed E-state index contributed by atoms with van der Waals surface area (Å²) < 4.78 is 19.2. The van der Waals surface area contributed by atoms with Crippen LogP contribution in [0, 0.1) is 23.1 Å². The standard InChI is InChI=1S/C19H21FN4O2/c20-17-9-14(10-21)5-6-18(17)23-19(25)22-11-15-3-1-7-24(12-15)13-16-4-2-8-26-16/h2,4-6,8-9,15H,1,3,7,11-13H2,(H2,22,23,25)/t15-/m0/s1. The lowest BCUT2D eigenvalue weighted by molar-refractivity contribution is 0.156. The van der Waals surface area contributed by atoms with Crippen molar-refractivity contribution in [1.82, 2.24) is 10.2 Å². The molecule has 2 N–H and O–H groups in total. The lowest BCUT2D eigenvalue weighted by Crippen LogP contribution is -2.41. The van der Waals surface area contributed by atoms with Crippen LogP contribution in [0.1, 0.15) is 24.2 Å². The molecule has 0 saturated carbocycles. The van der Waals surface area contributed by atoms with Gasteiger partial charge in [-0.05, 0) is 55.6 Å². The van der Waals surface area contributed by atoms with Gasteiger partial charge in [0.1, 0.15) is 11.6 Å². The van der Waals surface area contributed by atoms with E-state index < -0.39 is 11.8 Å². The first-order valence-corrected chi connectivity index (χ1v) is 8.63. The van der Waals surface area contributed by atoms with Gasteiger partial charge in [-0.3, -0.25) is 4.90 Å². The van der Waals surface area contributed by atoms with Gasteiger partial charge < -0.3 is 15.1 Å². The monoisotopic (exact) mass is 356 g/mol. The molecule has 2 amide bonds. The molecule has 1 saturated heterocycles. The Morgan fingerprint density at radius 1 is 1.42 bits per heavy atom. The van der Waals surface area contributed by atoms with Gasteiger partial charge in [0.15, 0.2) is 0 Å². The highest BCUT2D eigenvalue weighted by Gasteiger charge is 2.21. The molecular formula is C19H21FN4O2. The molecule has 26 heavy (non-hydrogen) atoms. The Hall–Kier alpha value is -2.85. The van der Waals surface area contributed by atoms with Crippen LogP contribution < -0.4 is 10.6 Å². The number of anilines is 1. The highest BCUT2D eigenvalue weighted by atomic mass is 19.1. The van der Waals surface area contributed by atoms with Gasteiger partial charge in [0.05, 0.1) is 30.1 Å². The van der Waals surface area contributed by atoms with Crippen LogP contribution in [0.2, 0.25) is 0 Å². The van der Waals surface area contributed by atoms with E-state index in [2.05, 4.69) is 15.5 Å². The summed E-state index contributed by atoms with van der Waals surface area (Å²) in [5.41, 5.74) is 0.275. The largest absolute Gasteiger partial charge is 0.468 e. The molecule has 0 bridgehead atoms. The third kappa shape index (κ3) is 4.83. The number of nitriles is 1. The second-order valence-corrected chi connectivity index (χ2v) is 6.46. The molecule has 0 radical (unpaired) electrons. The number of nitrogens with one attached hydrogen (secondary N) is 2. The number of piperidine rings is 1. The summed E-state index contributed by atoms with van der Waals surface area (Å²) in [5, 5.41) is 14.0. The summed E-state index contributed by atoms with van der Waals surface area (Å²) in [7, 11) is 0. The fourth-order valence-electron chi connectivity index (χ4n) is 3.17. The van der Waals surface area contributed by atoms with Crippen LogP contribution in [-0.4, -0.2) is 30.6 Å². The van der Waals surface area contributed by atoms with Crippen LogP contribution in [0.3, 0.4) is 0 Å². The number of rotatable bonds is 5. The first-order valence-electron chi connectivity index (χ1n) is 8.63. The van der Waals surface area contributed by atoms with E-state index in [1.807, 2.05) is 18.2 Å². The SMILES string of the molecule is N#Cc1ccc(NC(=O)NC[C@@H]2CCCN(Cc3ccco3)C2)c(F)c1. The minimum absolute atomic E-state index is 0.0598. The van der Waals surface area contributed by atoms with Crippen LogP contribution in [0.5, 0.6) is 0 Å². The molecule has 1 aromatic carbocycles. The van der Waals surface area contributed by atoms with Crippen molar-refractivity contribution in [3.05, 3.63) is 53.7 Å². The average Bonchev–Trinajstić information content (AvgIpc) is 3.15. The van der Waals surface area contributed by atoms with Crippen LogP contribution in [0.4, 0.5) is 14.9 Å². The fourth-order valence-corrected chi connectivity index (χ4v) is 3.17. The van der Waals surface area contributed by atoms with Crippen molar-refractivity contribution in [3.63, 3.8) is 0 Å². The molecular weight excluding hydrogens is 335 g/mol. The molecule has 0 aliphatic carbocycles. The van der Waals surface area contributed by atoms with Gasteiger partial charge in [-0.25, -0.2) is 9.18 Å². The van der Waals surface area contributed by atoms with Crippen molar-refractivity contribution in [1.29, 1.82) is 5.26 Å². The zero-order valence-corrected chi connectivity index (χ0v) is 14.4. The van der Waals surface area contributed by atoms with Gasteiger partial charge in [0.2, 0.25) is 0 Å². The van der Waals surface area contributed by atoms with Crippen molar-refractivity contribution < 1.29 is 13.6 Å². The van der Waals surface area contributed by atoms with E-state index in [-0.39, 0.29) is 11.3 Å². The van der Waals surface area contributed by atoms with E-state index in [9.17, 15) is 9.18 Å². The zero-order chi connectivity index (χ0) is 18.4. The predicted octanol–water partition coefficient (Wildman–Crippen LogP) is 3.32. The number of halogens is 1. The Bertz CT molecular complexity index is 785. The highest BCUT2D eigenvalue weighted by Crippen LogP contribution is 2.19. The molecule has 3 rings (SSSR count). The number of amides is 2. The zero-order valence-electron chi connectivity index (χ0n) is 14.4. The number of hydrogen-bond donors (Lipinski definition) is 2. The summed E-state index contributed by atoms with van der Waals surface area (Å²) in [6.45, 7) is 3.19. The Morgan fingerprint density at radius 3 is 3.04 bits per heavy atom. The van der Waals surface area contributed by atoms with Gasteiger partial charge in [-0.15, -0.1) is 0 Å². The van der Waals surface area contributed by atoms with Crippen LogP contribution in [0.25, 0.3) is 0 Å². The highest BCUT2D eigenvalue weighted by molar-refractivity contribution is 5.89. The number of furan rings is 1. The third-order valence-corrected chi connectivity index (χ3v) is 4.46. The van der Waals surface area contributed by atoms with E-state index in [1.54, 1.807) is 6.26 Å². The minimum Gasteiger partial charge on any atom is -0.468 e. The smallest absolute Gasteiger partial charge is 0.319 e. The maximum Gasteiger partial charge on any atom is 0.319 e. The van der Waals surface area contributed by atoms with E-state index in [0.29, 0.717) is 12.5 Å². The number of carbonyl (C=O) groups excluding carboxylic acids is 1. The van der Waals surface area contributed by atoms with Gasteiger partial charge in [-0.1, -0.05) is 0 Å². The number of hydrogen-bond acceptors (Lipinski definition) is 4. The number of likely N-dealkylation sites (tertiary alicyclic amines) is 1. The van der Waals surface area contributed by atoms with Crippen molar-refractivity contribution in [2.24, 2.45) is 5.92 Å². The molecule has 1 aromatic heterocycles. The first-order chi connectivity index (χ1) is 12.6. The molecule has 2 heterocycles. The number of carbonyl (C=O) groups is 1. The summed E-state index contributed by atoms with van der Waals surface area (Å²) in [5.74, 6) is 0.657. The topological polar surface area (TPSA) is 81.3 Å². The maximum absolute atomic E-state index is 13.8. The van der Waals surface area contributed by atoms with Crippen molar-refractivity contribution in [2.75, 3.05) is 25.0 Å². The maximum atomic E-state index is 13.8. The van der Waals surface area contributed by atoms with E-state index in [4.69, 9.17) is 9.68 Å². The van der Waals surface area contributed by atoms with Gasteiger partial charge >= 0.3 is 6.03 Å². The molecule has 2 aromatic rings. The number of nitrogens with zero attached hydrogens (tertiary/aromatic N) is 2. The summed E-state index contributed by atoms with van der Waals surface area (Å²) in [6, 6.07) is 9.20. The third-order valence-electron chi connectivity index (χ3n) is 4.46. The summed E-state index contributed by atoms with van der Waals surface area (Å²) in [6.07, 6.45) is 3.78. The molecule has 0 spiro atoms. The van der Waals surface area contributed by atoms with Crippen molar-refractivity contribution in [3.8, 4) is 6.07 Å². The lowest BCUT2D eigenvalue weighted by atomic mass is 9.98. The van der Waals surface area contributed by atoms with Gasteiger partial charge in [0, 0.05) is 13.1 Å². The Kier molecular flexibility index (Phi) is 5.87. The second-order valence-electron chi connectivity index (χ2n) is 6.46. The summed E-state index contributed by atoms with van der Waals surface area (Å²) >= 11 is 0. The Morgan fingerprint density at radius 2 is 2.31 bits per heavy atom. The Balaban J connectivity index is 1.46. The molecule has 1 atom stereocenters. The van der Waals surface area contributed by atoms with Crippen LogP contribution in [0.15, 0.2) is 41.0 Å². The first kappa shape index (κ1) is 18.0. The quantitative estimate of drug-likeness (QED) is 0.861. The predicted molar refractivity (Wildman–Crippen MR) is 94.8 cm³/mol. The minimum atomic E-state index is -0.624. The van der Waals surface area contributed by atoms with E-state index >= 15 is 0 Å². The molecule has 6 nitrogen and oxygen atoms in total. The molecule has 1 aliphatic heterocycles. The lowest BCUT2D eigenvalue weighted by Gasteiger charge is -2.32. The summed E-state index contributed by atoms with van der Waals surface area (Å²) in [4.78, 5) is 14.3. The molecule has 1 aliphatic rings. The molecule has 0 unspecified atom stereocenters.